The van der Waals surface area contributed by atoms with E-state index in [2.05, 4.69) is 4.98 Å². The minimum absolute atomic E-state index is 0.00182. The fourth-order valence-corrected chi connectivity index (χ4v) is 1.48. The lowest BCUT2D eigenvalue weighted by Crippen LogP contribution is -1.99. The van der Waals surface area contributed by atoms with Crippen LogP contribution in [0.25, 0.3) is 11.1 Å². The van der Waals surface area contributed by atoms with E-state index in [9.17, 15) is 9.59 Å². The first-order chi connectivity index (χ1) is 8.20. The van der Waals surface area contributed by atoms with Crippen molar-refractivity contribution in [2.45, 2.75) is 0 Å². The molecular formula is C13H9NO3. The number of nitrogens with zero attached hydrogens (tertiary/aromatic N) is 1. The highest BCUT2D eigenvalue weighted by atomic mass is 16.4. The molecule has 0 aliphatic carbocycles. The van der Waals surface area contributed by atoms with E-state index in [0.29, 0.717) is 5.56 Å². The van der Waals surface area contributed by atoms with Gasteiger partial charge in [0.1, 0.15) is 12.0 Å². The number of rotatable bonds is 3. The monoisotopic (exact) mass is 227 g/mol. The quantitative estimate of drug-likeness (QED) is 0.816. The molecule has 0 aliphatic heterocycles. The van der Waals surface area contributed by atoms with Gasteiger partial charge in [0.05, 0.1) is 0 Å². The molecule has 1 aromatic heterocycles. The maximum atomic E-state index is 10.8. The molecule has 0 atom stereocenters. The van der Waals surface area contributed by atoms with Gasteiger partial charge in [-0.15, -0.1) is 0 Å². The molecule has 0 aliphatic rings. The lowest BCUT2D eigenvalue weighted by Gasteiger charge is -2.02. The van der Waals surface area contributed by atoms with Gasteiger partial charge in [-0.25, -0.2) is 9.78 Å². The first-order valence-electron chi connectivity index (χ1n) is 4.95. The van der Waals surface area contributed by atoms with Crippen molar-refractivity contribution in [3.8, 4) is 11.1 Å². The smallest absolute Gasteiger partial charge is 0.354 e. The van der Waals surface area contributed by atoms with Crippen LogP contribution in [0.1, 0.15) is 20.8 Å². The molecule has 0 saturated carbocycles. The van der Waals surface area contributed by atoms with Crippen molar-refractivity contribution in [1.29, 1.82) is 0 Å². The number of hydrogen-bond acceptors (Lipinski definition) is 3. The van der Waals surface area contributed by atoms with E-state index in [1.807, 2.05) is 0 Å². The normalized spacial score (nSPS) is 9.88. The van der Waals surface area contributed by atoms with Gasteiger partial charge in [0, 0.05) is 11.8 Å². The van der Waals surface area contributed by atoms with Gasteiger partial charge in [0.15, 0.2) is 0 Å². The van der Waals surface area contributed by atoms with Crippen LogP contribution in [0.15, 0.2) is 42.6 Å². The van der Waals surface area contributed by atoms with Gasteiger partial charge in [0.2, 0.25) is 0 Å². The van der Waals surface area contributed by atoms with E-state index in [4.69, 9.17) is 5.11 Å². The fourth-order valence-electron chi connectivity index (χ4n) is 1.48. The molecule has 0 unspecified atom stereocenters. The average Bonchev–Trinajstić information content (AvgIpc) is 2.39. The number of hydrogen-bond donors (Lipinski definition) is 1. The van der Waals surface area contributed by atoms with E-state index < -0.39 is 5.97 Å². The Labute approximate surface area is 97.6 Å². The van der Waals surface area contributed by atoms with Crippen LogP contribution in [0.3, 0.4) is 0 Å². The molecule has 0 saturated heterocycles. The summed E-state index contributed by atoms with van der Waals surface area (Å²) >= 11 is 0. The molecule has 1 aromatic carbocycles. The van der Waals surface area contributed by atoms with Gasteiger partial charge >= 0.3 is 5.97 Å². The highest BCUT2D eigenvalue weighted by Gasteiger charge is 2.06. The van der Waals surface area contributed by atoms with Gasteiger partial charge in [0.25, 0.3) is 0 Å². The number of aromatic carboxylic acids is 1. The Kier molecular flexibility index (Phi) is 2.96. The highest BCUT2D eigenvalue weighted by molar-refractivity contribution is 5.87. The number of aldehydes is 1. The van der Waals surface area contributed by atoms with Crippen molar-refractivity contribution in [1.82, 2.24) is 4.98 Å². The number of carbonyl (C=O) groups excluding carboxylic acids is 1. The summed E-state index contributed by atoms with van der Waals surface area (Å²) in [5.74, 6) is -1.06. The Hall–Kier alpha value is -2.49. The van der Waals surface area contributed by atoms with Gasteiger partial charge in [-0.2, -0.15) is 0 Å². The van der Waals surface area contributed by atoms with Crippen LogP contribution < -0.4 is 0 Å². The second-order valence-corrected chi connectivity index (χ2v) is 3.47. The predicted molar refractivity (Wildman–Crippen MR) is 62.0 cm³/mol. The summed E-state index contributed by atoms with van der Waals surface area (Å²) in [6.07, 6.45) is 2.21. The Bertz CT molecular complexity index is 561. The van der Waals surface area contributed by atoms with Crippen LogP contribution in [0.4, 0.5) is 0 Å². The van der Waals surface area contributed by atoms with E-state index in [-0.39, 0.29) is 5.69 Å². The van der Waals surface area contributed by atoms with Crippen molar-refractivity contribution in [2.75, 3.05) is 0 Å². The topological polar surface area (TPSA) is 67.3 Å². The fraction of sp³-hybridized carbons (Fsp3) is 0. The highest BCUT2D eigenvalue weighted by Crippen LogP contribution is 2.19. The predicted octanol–water partition coefficient (Wildman–Crippen LogP) is 2.26. The van der Waals surface area contributed by atoms with E-state index in [1.54, 1.807) is 30.3 Å². The summed E-state index contributed by atoms with van der Waals surface area (Å²) in [5.41, 5.74) is 2.19. The second-order valence-electron chi connectivity index (χ2n) is 3.47. The summed E-state index contributed by atoms with van der Waals surface area (Å²) in [6.45, 7) is 0. The Morgan fingerprint density at radius 3 is 2.41 bits per heavy atom. The summed E-state index contributed by atoms with van der Waals surface area (Å²) in [6, 6.07) is 10.1. The number of carboxylic acid groups (broad SMARTS) is 1. The molecule has 17 heavy (non-hydrogen) atoms. The maximum Gasteiger partial charge on any atom is 0.354 e. The molecule has 0 amide bonds. The summed E-state index contributed by atoms with van der Waals surface area (Å²) < 4.78 is 0. The Balaban J connectivity index is 2.41. The number of benzene rings is 1. The largest absolute Gasteiger partial charge is 0.477 e. The first kappa shape index (κ1) is 11.0. The molecular weight excluding hydrogens is 218 g/mol. The molecule has 1 heterocycles. The lowest BCUT2D eigenvalue weighted by atomic mass is 10.0. The average molecular weight is 227 g/mol. The number of aromatic nitrogens is 1. The maximum absolute atomic E-state index is 10.8. The zero-order chi connectivity index (χ0) is 12.3. The van der Waals surface area contributed by atoms with Crippen LogP contribution in [-0.2, 0) is 0 Å². The molecule has 84 valence electrons. The molecule has 0 radical (unpaired) electrons. The van der Waals surface area contributed by atoms with Gasteiger partial charge in [-0.05, 0) is 23.3 Å². The third-order valence-corrected chi connectivity index (χ3v) is 2.36. The Morgan fingerprint density at radius 2 is 1.82 bits per heavy atom. The van der Waals surface area contributed by atoms with Crippen molar-refractivity contribution in [2.24, 2.45) is 0 Å². The second kappa shape index (κ2) is 4.57. The molecule has 2 aromatic rings. The molecule has 0 fully saturated rings. The SMILES string of the molecule is O=Cc1ccc(-c2ccnc(C(=O)O)c2)cc1. The first-order valence-corrected chi connectivity index (χ1v) is 4.95. The lowest BCUT2D eigenvalue weighted by molar-refractivity contribution is 0.0690. The zero-order valence-electron chi connectivity index (χ0n) is 8.83. The van der Waals surface area contributed by atoms with Gasteiger partial charge in [-0.3, -0.25) is 4.79 Å². The van der Waals surface area contributed by atoms with Crippen LogP contribution in [0.2, 0.25) is 0 Å². The minimum Gasteiger partial charge on any atom is -0.477 e. The molecule has 2 rings (SSSR count). The van der Waals surface area contributed by atoms with E-state index in [1.165, 1.54) is 12.3 Å². The van der Waals surface area contributed by atoms with E-state index >= 15 is 0 Å². The van der Waals surface area contributed by atoms with Crippen LogP contribution >= 0.6 is 0 Å². The van der Waals surface area contributed by atoms with Crippen molar-refractivity contribution in [3.63, 3.8) is 0 Å². The van der Waals surface area contributed by atoms with Crippen molar-refractivity contribution in [3.05, 3.63) is 53.9 Å². The Morgan fingerprint density at radius 1 is 1.12 bits per heavy atom. The van der Waals surface area contributed by atoms with E-state index in [0.717, 1.165) is 17.4 Å². The summed E-state index contributed by atoms with van der Waals surface area (Å²) in [7, 11) is 0. The van der Waals surface area contributed by atoms with Gasteiger partial charge in [-0.1, -0.05) is 24.3 Å². The van der Waals surface area contributed by atoms with Gasteiger partial charge < -0.3 is 5.11 Å². The summed E-state index contributed by atoms with van der Waals surface area (Å²) in [5, 5.41) is 8.83. The molecule has 0 spiro atoms. The molecule has 4 heteroatoms. The van der Waals surface area contributed by atoms with Crippen LogP contribution in [0.5, 0.6) is 0 Å². The third kappa shape index (κ3) is 2.36. The third-order valence-electron chi connectivity index (χ3n) is 2.36. The summed E-state index contributed by atoms with van der Waals surface area (Å²) in [4.78, 5) is 25.0. The number of pyridine rings is 1. The number of carbonyl (C=O) groups is 2. The minimum atomic E-state index is -1.06. The van der Waals surface area contributed by atoms with Crippen molar-refractivity contribution < 1.29 is 14.7 Å². The molecule has 0 bridgehead atoms. The molecule has 4 nitrogen and oxygen atoms in total. The molecule has 1 N–H and O–H groups in total. The van der Waals surface area contributed by atoms with Crippen LogP contribution in [0, 0.1) is 0 Å². The number of carboxylic acids is 1. The zero-order valence-corrected chi connectivity index (χ0v) is 8.83. The standard InChI is InChI=1S/C13H9NO3/c15-8-9-1-3-10(4-2-9)11-5-6-14-12(7-11)13(16)17/h1-8H,(H,16,17). The van der Waals surface area contributed by atoms with Crippen molar-refractivity contribution >= 4 is 12.3 Å². The van der Waals surface area contributed by atoms with Crippen LogP contribution in [-0.4, -0.2) is 22.3 Å².